The molecule has 0 aliphatic rings. The molecule has 3 nitrogen and oxygen atoms in total. The van der Waals surface area contributed by atoms with E-state index in [1.807, 2.05) is 0 Å². The van der Waals surface area contributed by atoms with E-state index in [0.717, 1.165) is 12.1 Å². The van der Waals surface area contributed by atoms with Crippen LogP contribution in [0.2, 0.25) is 0 Å². The third kappa shape index (κ3) is 4.25. The van der Waals surface area contributed by atoms with Gasteiger partial charge >= 0.3 is 6.18 Å². The van der Waals surface area contributed by atoms with Crippen molar-refractivity contribution in [3.63, 3.8) is 0 Å². The lowest BCUT2D eigenvalue weighted by Gasteiger charge is -2.10. The first-order chi connectivity index (χ1) is 10.4. The highest BCUT2D eigenvalue weighted by Gasteiger charge is 2.30. The van der Waals surface area contributed by atoms with E-state index in [-0.39, 0.29) is 17.9 Å². The molecule has 0 saturated carbocycles. The van der Waals surface area contributed by atoms with Gasteiger partial charge in [-0.15, -0.1) is 0 Å². The van der Waals surface area contributed by atoms with Crippen LogP contribution in [-0.4, -0.2) is 11.0 Å². The molecule has 0 aromatic heterocycles. The summed E-state index contributed by atoms with van der Waals surface area (Å²) in [6, 6.07) is 11.1. The maximum atomic E-state index is 12.6. The van der Waals surface area contributed by atoms with Gasteiger partial charge in [0.15, 0.2) is 0 Å². The van der Waals surface area contributed by atoms with Crippen LogP contribution in [0.1, 0.15) is 17.5 Å². The predicted molar refractivity (Wildman–Crippen MR) is 76.5 cm³/mol. The summed E-state index contributed by atoms with van der Waals surface area (Å²) in [5.41, 5.74) is -0.107. The normalized spacial score (nSPS) is 11.2. The average Bonchev–Trinajstić information content (AvgIpc) is 2.46. The Morgan fingerprint density at radius 1 is 1.09 bits per heavy atom. The van der Waals surface area contributed by atoms with Crippen molar-refractivity contribution in [1.82, 2.24) is 0 Å². The minimum absolute atomic E-state index is 0.0633. The van der Waals surface area contributed by atoms with Gasteiger partial charge in [0.1, 0.15) is 5.75 Å². The second kappa shape index (κ2) is 6.51. The van der Waals surface area contributed by atoms with Crippen LogP contribution in [0.15, 0.2) is 48.5 Å². The summed E-state index contributed by atoms with van der Waals surface area (Å²) in [6.07, 6.45) is -4.08. The number of hydrogen-bond acceptors (Lipinski definition) is 2. The number of rotatable bonds is 4. The summed E-state index contributed by atoms with van der Waals surface area (Å²) in [7, 11) is 0. The largest absolute Gasteiger partial charge is 0.508 e. The van der Waals surface area contributed by atoms with E-state index in [1.165, 1.54) is 18.2 Å². The summed E-state index contributed by atoms with van der Waals surface area (Å²) in [6.45, 7) is 0. The van der Waals surface area contributed by atoms with Crippen molar-refractivity contribution in [3.05, 3.63) is 59.7 Å². The van der Waals surface area contributed by atoms with E-state index in [1.54, 1.807) is 18.2 Å². The van der Waals surface area contributed by atoms with E-state index in [0.29, 0.717) is 12.0 Å². The lowest BCUT2D eigenvalue weighted by Crippen LogP contribution is -2.13. The Kier molecular flexibility index (Phi) is 4.70. The van der Waals surface area contributed by atoms with Gasteiger partial charge in [0.25, 0.3) is 0 Å². The molecule has 6 heteroatoms. The topological polar surface area (TPSA) is 49.3 Å². The number of carbonyl (C=O) groups excluding carboxylic acids is 1. The summed E-state index contributed by atoms with van der Waals surface area (Å²) in [4.78, 5) is 11.8. The molecule has 0 saturated heterocycles. The first-order valence-corrected chi connectivity index (χ1v) is 6.60. The number of phenols is 1. The highest BCUT2D eigenvalue weighted by Crippen LogP contribution is 2.30. The average molecular weight is 309 g/mol. The number of benzene rings is 2. The van der Waals surface area contributed by atoms with Gasteiger partial charge in [0.05, 0.1) is 5.56 Å². The van der Waals surface area contributed by atoms with Crippen molar-refractivity contribution in [2.45, 2.75) is 19.0 Å². The zero-order valence-electron chi connectivity index (χ0n) is 11.5. The van der Waals surface area contributed by atoms with Crippen molar-refractivity contribution in [2.75, 3.05) is 5.32 Å². The molecule has 1 amide bonds. The minimum Gasteiger partial charge on any atom is -0.508 e. The zero-order chi connectivity index (χ0) is 16.2. The van der Waals surface area contributed by atoms with Gasteiger partial charge in [-0.2, -0.15) is 13.2 Å². The molecule has 0 atom stereocenters. The Morgan fingerprint density at radius 2 is 1.82 bits per heavy atom. The van der Waals surface area contributed by atoms with Gasteiger partial charge in [-0.05, 0) is 36.2 Å². The summed E-state index contributed by atoms with van der Waals surface area (Å²) < 4.78 is 37.7. The number of alkyl halides is 3. The third-order valence-corrected chi connectivity index (χ3v) is 3.09. The van der Waals surface area contributed by atoms with Gasteiger partial charge < -0.3 is 10.4 Å². The SMILES string of the molecule is O=C(CCc1ccccc1O)Nc1cccc(C(F)(F)F)c1. The molecule has 2 rings (SSSR count). The number of nitrogens with one attached hydrogen (secondary N) is 1. The predicted octanol–water partition coefficient (Wildman–Crippen LogP) is 3.98. The second-order valence-corrected chi connectivity index (χ2v) is 4.76. The minimum atomic E-state index is -4.45. The molecule has 0 bridgehead atoms. The second-order valence-electron chi connectivity index (χ2n) is 4.76. The Labute approximate surface area is 125 Å². The molecule has 2 aromatic carbocycles. The molecule has 0 aliphatic carbocycles. The molecular weight excluding hydrogens is 295 g/mol. The molecule has 22 heavy (non-hydrogen) atoms. The standard InChI is InChI=1S/C16H14F3NO2/c17-16(18,19)12-5-3-6-13(10-12)20-15(22)9-8-11-4-1-2-7-14(11)21/h1-7,10,21H,8-9H2,(H,20,22). The van der Waals surface area contributed by atoms with Gasteiger partial charge in [0, 0.05) is 12.1 Å². The lowest BCUT2D eigenvalue weighted by molar-refractivity contribution is -0.137. The van der Waals surface area contributed by atoms with E-state index < -0.39 is 17.6 Å². The summed E-state index contributed by atoms with van der Waals surface area (Å²) >= 11 is 0. The van der Waals surface area contributed by atoms with Crippen molar-refractivity contribution >= 4 is 11.6 Å². The molecule has 0 heterocycles. The quantitative estimate of drug-likeness (QED) is 0.897. The summed E-state index contributed by atoms with van der Waals surface area (Å²) in [5, 5.41) is 12.0. The first-order valence-electron chi connectivity index (χ1n) is 6.60. The number of para-hydroxylation sites is 1. The van der Waals surface area contributed by atoms with Gasteiger partial charge in [-0.25, -0.2) is 0 Å². The molecule has 2 aromatic rings. The Bertz CT molecular complexity index is 668. The number of hydrogen-bond donors (Lipinski definition) is 2. The molecule has 0 radical (unpaired) electrons. The van der Waals surface area contributed by atoms with E-state index in [2.05, 4.69) is 5.32 Å². The van der Waals surface area contributed by atoms with Crippen LogP contribution in [0.4, 0.5) is 18.9 Å². The van der Waals surface area contributed by atoms with Gasteiger partial charge in [-0.1, -0.05) is 24.3 Å². The maximum Gasteiger partial charge on any atom is 0.416 e. The number of carbonyl (C=O) groups is 1. The highest BCUT2D eigenvalue weighted by molar-refractivity contribution is 5.90. The maximum absolute atomic E-state index is 12.6. The zero-order valence-corrected chi connectivity index (χ0v) is 11.5. The van der Waals surface area contributed by atoms with Crippen molar-refractivity contribution in [2.24, 2.45) is 0 Å². The Balaban J connectivity index is 1.97. The Morgan fingerprint density at radius 3 is 2.50 bits per heavy atom. The van der Waals surface area contributed by atoms with Crippen LogP contribution in [-0.2, 0) is 17.4 Å². The molecule has 0 aliphatic heterocycles. The third-order valence-electron chi connectivity index (χ3n) is 3.09. The Hall–Kier alpha value is -2.50. The van der Waals surface area contributed by atoms with Crippen LogP contribution < -0.4 is 5.32 Å². The molecule has 0 unspecified atom stereocenters. The van der Waals surface area contributed by atoms with Crippen LogP contribution in [0.3, 0.4) is 0 Å². The molecule has 0 fully saturated rings. The van der Waals surface area contributed by atoms with E-state index in [9.17, 15) is 23.1 Å². The fourth-order valence-electron chi connectivity index (χ4n) is 1.97. The van der Waals surface area contributed by atoms with Crippen molar-refractivity contribution in [3.8, 4) is 5.75 Å². The van der Waals surface area contributed by atoms with Gasteiger partial charge in [-0.3, -0.25) is 4.79 Å². The number of aromatic hydroxyl groups is 1. The molecule has 2 N–H and O–H groups in total. The highest BCUT2D eigenvalue weighted by atomic mass is 19.4. The van der Waals surface area contributed by atoms with Crippen molar-refractivity contribution in [1.29, 1.82) is 0 Å². The van der Waals surface area contributed by atoms with Crippen LogP contribution in [0.5, 0.6) is 5.75 Å². The number of phenolic OH excluding ortho intramolecular Hbond substituents is 1. The molecule has 0 spiro atoms. The van der Waals surface area contributed by atoms with Crippen LogP contribution in [0.25, 0.3) is 0 Å². The number of halogens is 3. The lowest BCUT2D eigenvalue weighted by atomic mass is 10.1. The number of anilines is 1. The van der Waals surface area contributed by atoms with Gasteiger partial charge in [0.2, 0.25) is 5.91 Å². The smallest absolute Gasteiger partial charge is 0.416 e. The fraction of sp³-hybridized carbons (Fsp3) is 0.188. The van der Waals surface area contributed by atoms with Crippen LogP contribution in [0, 0.1) is 0 Å². The molecular formula is C16H14F3NO2. The number of amides is 1. The summed E-state index contributed by atoms with van der Waals surface area (Å²) in [5.74, 6) is -0.322. The monoisotopic (exact) mass is 309 g/mol. The van der Waals surface area contributed by atoms with E-state index in [4.69, 9.17) is 0 Å². The molecule has 116 valence electrons. The number of aryl methyl sites for hydroxylation is 1. The first kappa shape index (κ1) is 15.9. The fourth-order valence-corrected chi connectivity index (χ4v) is 1.97. The van der Waals surface area contributed by atoms with E-state index >= 15 is 0 Å². The van der Waals surface area contributed by atoms with Crippen molar-refractivity contribution < 1.29 is 23.1 Å². The van der Waals surface area contributed by atoms with Crippen LogP contribution >= 0.6 is 0 Å².